The standard InChI is InChI=1S/C19H23N3O6S2/c20-29(24,25)17-7-4-15(5-8-17)6-9-19(23)21-16-2-1-3-18(14-16)30(26,27)22-10-12-28-13-11-22/h1-5,7-8,14H,6,9-13H2,(H,21,23)(H2,20,24,25). The first-order valence-corrected chi connectivity index (χ1v) is 12.2. The number of sulfonamides is 2. The van der Waals surface area contributed by atoms with Crippen molar-refractivity contribution in [3.05, 3.63) is 54.1 Å². The lowest BCUT2D eigenvalue weighted by Gasteiger charge is -2.26. The van der Waals surface area contributed by atoms with Gasteiger partial charge in [0.1, 0.15) is 0 Å². The van der Waals surface area contributed by atoms with Crippen molar-refractivity contribution in [2.45, 2.75) is 22.6 Å². The van der Waals surface area contributed by atoms with Crippen molar-refractivity contribution >= 4 is 31.6 Å². The molecule has 1 fully saturated rings. The molecule has 2 aromatic carbocycles. The van der Waals surface area contributed by atoms with Gasteiger partial charge in [-0.2, -0.15) is 4.31 Å². The van der Waals surface area contributed by atoms with Crippen molar-refractivity contribution < 1.29 is 26.4 Å². The van der Waals surface area contributed by atoms with Crippen molar-refractivity contribution in [2.24, 2.45) is 5.14 Å². The summed E-state index contributed by atoms with van der Waals surface area (Å²) in [5.41, 5.74) is 1.17. The maximum atomic E-state index is 12.7. The minimum Gasteiger partial charge on any atom is -0.379 e. The van der Waals surface area contributed by atoms with E-state index in [-0.39, 0.29) is 22.1 Å². The Labute approximate surface area is 175 Å². The van der Waals surface area contributed by atoms with E-state index in [1.54, 1.807) is 24.3 Å². The van der Waals surface area contributed by atoms with Crippen LogP contribution in [-0.2, 0) is 36.0 Å². The van der Waals surface area contributed by atoms with E-state index in [1.165, 1.54) is 28.6 Å². The summed E-state index contributed by atoms with van der Waals surface area (Å²) in [4.78, 5) is 12.4. The molecule has 9 nitrogen and oxygen atoms in total. The van der Waals surface area contributed by atoms with Gasteiger partial charge in [-0.1, -0.05) is 18.2 Å². The Morgan fingerprint density at radius 1 is 1.00 bits per heavy atom. The summed E-state index contributed by atoms with van der Waals surface area (Å²) in [6.07, 6.45) is 0.539. The zero-order valence-electron chi connectivity index (χ0n) is 16.2. The van der Waals surface area contributed by atoms with Crippen LogP contribution in [0.2, 0.25) is 0 Å². The van der Waals surface area contributed by atoms with Gasteiger partial charge in [0, 0.05) is 25.2 Å². The number of morpholine rings is 1. The molecule has 1 aliphatic heterocycles. The number of nitrogens with one attached hydrogen (secondary N) is 1. The molecule has 0 atom stereocenters. The van der Waals surface area contributed by atoms with Crippen LogP contribution in [0.3, 0.4) is 0 Å². The quantitative estimate of drug-likeness (QED) is 0.640. The number of hydrogen-bond donors (Lipinski definition) is 2. The number of benzene rings is 2. The van der Waals surface area contributed by atoms with Gasteiger partial charge in [-0.15, -0.1) is 0 Å². The zero-order chi connectivity index (χ0) is 21.8. The first-order chi connectivity index (χ1) is 14.2. The highest BCUT2D eigenvalue weighted by atomic mass is 32.2. The van der Waals surface area contributed by atoms with E-state index in [9.17, 15) is 21.6 Å². The Morgan fingerprint density at radius 2 is 1.67 bits per heavy atom. The van der Waals surface area contributed by atoms with Gasteiger partial charge in [0.15, 0.2) is 0 Å². The third-order valence-corrected chi connectivity index (χ3v) is 7.44. The van der Waals surface area contributed by atoms with Gasteiger partial charge in [-0.25, -0.2) is 22.0 Å². The van der Waals surface area contributed by atoms with Gasteiger partial charge < -0.3 is 10.1 Å². The second-order valence-corrected chi connectivity index (χ2v) is 10.3. The minimum absolute atomic E-state index is 0.00833. The van der Waals surface area contributed by atoms with Crippen molar-refractivity contribution in [1.29, 1.82) is 0 Å². The highest BCUT2D eigenvalue weighted by Gasteiger charge is 2.26. The molecule has 0 saturated carbocycles. The topological polar surface area (TPSA) is 136 Å². The molecule has 30 heavy (non-hydrogen) atoms. The molecule has 0 aromatic heterocycles. The van der Waals surface area contributed by atoms with Crippen molar-refractivity contribution in [1.82, 2.24) is 4.31 Å². The fraction of sp³-hybridized carbons (Fsp3) is 0.316. The van der Waals surface area contributed by atoms with Gasteiger partial charge in [0.2, 0.25) is 26.0 Å². The smallest absolute Gasteiger partial charge is 0.243 e. The minimum atomic E-state index is -3.75. The normalized spacial score (nSPS) is 15.6. The van der Waals surface area contributed by atoms with E-state index >= 15 is 0 Å². The van der Waals surface area contributed by atoms with E-state index in [2.05, 4.69) is 5.32 Å². The molecule has 1 aliphatic rings. The third kappa shape index (κ3) is 5.64. The highest BCUT2D eigenvalue weighted by Crippen LogP contribution is 2.21. The predicted molar refractivity (Wildman–Crippen MR) is 111 cm³/mol. The molecule has 3 rings (SSSR count). The van der Waals surface area contributed by atoms with Crippen molar-refractivity contribution in [3.63, 3.8) is 0 Å². The predicted octanol–water partition coefficient (Wildman–Crippen LogP) is 0.926. The summed E-state index contributed by atoms with van der Waals surface area (Å²) < 4.78 is 54.6. The Balaban J connectivity index is 1.61. The van der Waals surface area contributed by atoms with Gasteiger partial charge >= 0.3 is 0 Å². The third-order valence-electron chi connectivity index (χ3n) is 4.62. The molecule has 0 unspecified atom stereocenters. The molecule has 162 valence electrons. The first kappa shape index (κ1) is 22.4. The average Bonchev–Trinajstić information content (AvgIpc) is 2.73. The number of amides is 1. The van der Waals surface area contributed by atoms with Gasteiger partial charge in [0.05, 0.1) is 23.0 Å². The number of nitrogens with zero attached hydrogens (tertiary/aromatic N) is 1. The number of carbonyl (C=O) groups is 1. The monoisotopic (exact) mass is 453 g/mol. The van der Waals surface area contributed by atoms with Crippen molar-refractivity contribution in [3.8, 4) is 0 Å². The van der Waals surface area contributed by atoms with Crippen LogP contribution in [0.5, 0.6) is 0 Å². The maximum absolute atomic E-state index is 12.7. The summed E-state index contributed by atoms with van der Waals surface area (Å²) in [5.74, 6) is -0.286. The lowest BCUT2D eigenvalue weighted by atomic mass is 10.1. The van der Waals surface area contributed by atoms with Crippen LogP contribution in [0.15, 0.2) is 58.3 Å². The van der Waals surface area contributed by atoms with Crippen LogP contribution < -0.4 is 10.5 Å². The summed E-state index contributed by atoms with van der Waals surface area (Å²) in [6, 6.07) is 12.1. The van der Waals surface area contributed by atoms with Gasteiger partial charge in [0.25, 0.3) is 0 Å². The number of carbonyl (C=O) groups excluding carboxylic acids is 1. The number of rotatable bonds is 7. The summed E-state index contributed by atoms with van der Waals surface area (Å²) in [7, 11) is -7.40. The highest BCUT2D eigenvalue weighted by molar-refractivity contribution is 7.89. The Hall–Kier alpha value is -2.31. The number of nitrogens with two attached hydrogens (primary N) is 1. The van der Waals surface area contributed by atoms with Gasteiger partial charge in [-0.05, 0) is 42.3 Å². The molecular formula is C19H23N3O6S2. The summed E-state index contributed by atoms with van der Waals surface area (Å²) in [5, 5.41) is 7.76. The Kier molecular flexibility index (Phi) is 6.88. The summed E-state index contributed by atoms with van der Waals surface area (Å²) >= 11 is 0. The SMILES string of the molecule is NS(=O)(=O)c1ccc(CCC(=O)Nc2cccc(S(=O)(=O)N3CCOCC3)c2)cc1. The zero-order valence-corrected chi connectivity index (χ0v) is 17.8. The lowest BCUT2D eigenvalue weighted by Crippen LogP contribution is -2.40. The summed E-state index contributed by atoms with van der Waals surface area (Å²) in [6.45, 7) is 1.30. The van der Waals surface area contributed by atoms with Crippen LogP contribution in [0.1, 0.15) is 12.0 Å². The molecule has 1 heterocycles. The first-order valence-electron chi connectivity index (χ1n) is 9.26. The second-order valence-electron chi connectivity index (χ2n) is 6.78. The lowest BCUT2D eigenvalue weighted by molar-refractivity contribution is -0.116. The molecule has 0 spiro atoms. The second kappa shape index (κ2) is 9.23. The van der Waals surface area contributed by atoms with Crippen LogP contribution >= 0.6 is 0 Å². The Morgan fingerprint density at radius 3 is 2.30 bits per heavy atom. The van der Waals surface area contributed by atoms with Crippen LogP contribution in [0.4, 0.5) is 5.69 Å². The molecule has 0 aliphatic carbocycles. The Bertz CT molecular complexity index is 1110. The molecule has 0 bridgehead atoms. The van der Waals surface area contributed by atoms with E-state index in [1.807, 2.05) is 0 Å². The average molecular weight is 454 g/mol. The van der Waals surface area contributed by atoms with Crippen LogP contribution in [-0.4, -0.2) is 53.4 Å². The number of primary sulfonamides is 1. The number of hydrogen-bond acceptors (Lipinski definition) is 6. The molecule has 2 aromatic rings. The number of anilines is 1. The molecule has 1 amide bonds. The van der Waals surface area contributed by atoms with Gasteiger partial charge in [-0.3, -0.25) is 4.79 Å². The van der Waals surface area contributed by atoms with E-state index in [4.69, 9.17) is 9.88 Å². The van der Waals surface area contributed by atoms with E-state index < -0.39 is 20.0 Å². The fourth-order valence-electron chi connectivity index (χ4n) is 3.00. The number of aryl methyl sites for hydroxylation is 1. The molecule has 1 saturated heterocycles. The maximum Gasteiger partial charge on any atom is 0.243 e. The number of ether oxygens (including phenoxy) is 1. The largest absolute Gasteiger partial charge is 0.379 e. The molecular weight excluding hydrogens is 430 g/mol. The van der Waals surface area contributed by atoms with Crippen LogP contribution in [0, 0.1) is 0 Å². The molecule has 0 radical (unpaired) electrons. The van der Waals surface area contributed by atoms with Crippen molar-refractivity contribution in [2.75, 3.05) is 31.6 Å². The van der Waals surface area contributed by atoms with E-state index in [0.717, 1.165) is 5.56 Å². The van der Waals surface area contributed by atoms with E-state index in [0.29, 0.717) is 38.4 Å². The fourth-order valence-corrected chi connectivity index (χ4v) is 4.97. The molecule has 11 heteroatoms. The molecule has 3 N–H and O–H groups in total. The van der Waals surface area contributed by atoms with Crippen LogP contribution in [0.25, 0.3) is 0 Å².